The highest BCUT2D eigenvalue weighted by Crippen LogP contribution is 2.48. The van der Waals surface area contributed by atoms with Gasteiger partial charge < -0.3 is 15.0 Å². The van der Waals surface area contributed by atoms with Crippen LogP contribution in [0, 0.1) is 17.0 Å². The van der Waals surface area contributed by atoms with Crippen molar-refractivity contribution < 1.29 is 9.66 Å². The Morgan fingerprint density at radius 3 is 2.60 bits per heavy atom. The third-order valence-corrected chi connectivity index (χ3v) is 7.23. The van der Waals surface area contributed by atoms with Gasteiger partial charge in [0.15, 0.2) is 23.3 Å². The fraction of sp³-hybridized carbons (Fsp3) is 0.0968. The molecule has 0 radical (unpaired) electrons. The summed E-state index contributed by atoms with van der Waals surface area (Å²) >= 11 is 0. The van der Waals surface area contributed by atoms with E-state index in [-0.39, 0.29) is 10.6 Å². The maximum Gasteiger partial charge on any atom is 0.269 e. The van der Waals surface area contributed by atoms with E-state index < -0.39 is 6.04 Å². The Balaban J connectivity index is 1.49. The second-order valence-electron chi connectivity index (χ2n) is 9.79. The molecule has 0 saturated heterocycles. The number of aromatic nitrogens is 3. The Morgan fingerprint density at radius 1 is 0.952 bits per heavy atom. The molecule has 0 unspecified atom stereocenters. The Morgan fingerprint density at radius 2 is 1.79 bits per heavy atom. The molecule has 2 aliphatic rings. The standard InChI is InChI=1S/C31H24N8O3/c1-19-27-28(20-9-7-11-22(17-20)39(40)41)37-25-14-4-3-13-24(25)34-29(33-21-10-8-12-23(18-21)42-2)31(37)35-30(27)38(36-19)26-15-5-6-16-32-26/h3-18,28H,1-2H3,(H,33,34)/t28-/m1/s1. The van der Waals surface area contributed by atoms with Crippen LogP contribution in [0.15, 0.2) is 107 Å². The zero-order valence-corrected chi connectivity index (χ0v) is 22.7. The Kier molecular flexibility index (Phi) is 5.97. The molecular formula is C31H24N8O3. The number of non-ortho nitro benzene ring substituents is 1. The summed E-state index contributed by atoms with van der Waals surface area (Å²) in [7, 11) is 1.62. The lowest BCUT2D eigenvalue weighted by atomic mass is 9.93. The summed E-state index contributed by atoms with van der Waals surface area (Å²) in [6, 6.07) is 27.1. The van der Waals surface area contributed by atoms with Gasteiger partial charge in [-0.05, 0) is 48.9 Å². The number of nitrogens with one attached hydrogen (secondary N) is 1. The molecule has 206 valence electrons. The van der Waals surface area contributed by atoms with E-state index in [4.69, 9.17) is 19.8 Å². The molecule has 42 heavy (non-hydrogen) atoms. The van der Waals surface area contributed by atoms with Gasteiger partial charge in [-0.2, -0.15) is 9.78 Å². The SMILES string of the molecule is COc1cccc(NC2=Nc3ccccc3N3C2=Nc2c(c(C)nn2-c2ccccn2)[C@H]3c2cccc([N+](=O)[O-])c2)c1. The molecule has 1 atom stereocenters. The van der Waals surface area contributed by atoms with Crippen molar-refractivity contribution in [2.45, 2.75) is 13.0 Å². The summed E-state index contributed by atoms with van der Waals surface area (Å²) in [6.07, 6.45) is 1.70. The van der Waals surface area contributed by atoms with E-state index in [9.17, 15) is 10.1 Å². The third kappa shape index (κ3) is 4.15. The number of nitro groups is 1. The predicted octanol–water partition coefficient (Wildman–Crippen LogP) is 6.29. The first-order valence-electron chi connectivity index (χ1n) is 13.2. The van der Waals surface area contributed by atoms with Crippen molar-refractivity contribution in [3.8, 4) is 11.6 Å². The van der Waals surface area contributed by atoms with E-state index in [0.717, 1.165) is 33.9 Å². The molecule has 0 amide bonds. The third-order valence-electron chi connectivity index (χ3n) is 7.23. The van der Waals surface area contributed by atoms with Crippen molar-refractivity contribution in [2.75, 3.05) is 17.3 Å². The highest BCUT2D eigenvalue weighted by Gasteiger charge is 2.42. The van der Waals surface area contributed by atoms with E-state index in [1.165, 1.54) is 6.07 Å². The number of amidine groups is 2. The number of rotatable bonds is 5. The van der Waals surface area contributed by atoms with Crippen LogP contribution in [0.5, 0.6) is 5.75 Å². The van der Waals surface area contributed by atoms with Gasteiger partial charge in [-0.3, -0.25) is 10.1 Å². The van der Waals surface area contributed by atoms with Crippen molar-refractivity contribution in [2.24, 2.45) is 9.98 Å². The van der Waals surface area contributed by atoms with Gasteiger partial charge >= 0.3 is 0 Å². The number of para-hydroxylation sites is 2. The predicted molar refractivity (Wildman–Crippen MR) is 161 cm³/mol. The molecule has 0 bridgehead atoms. The summed E-state index contributed by atoms with van der Waals surface area (Å²) < 4.78 is 7.14. The van der Waals surface area contributed by atoms with Crippen molar-refractivity contribution in [1.82, 2.24) is 14.8 Å². The lowest BCUT2D eigenvalue weighted by Crippen LogP contribution is -2.46. The number of anilines is 2. The number of aliphatic imine (C=N–C) groups is 2. The molecule has 3 aromatic carbocycles. The summed E-state index contributed by atoms with van der Waals surface area (Å²) in [5.41, 5.74) is 4.59. The van der Waals surface area contributed by atoms with Crippen molar-refractivity contribution >= 4 is 40.2 Å². The van der Waals surface area contributed by atoms with E-state index in [1.54, 1.807) is 30.1 Å². The average Bonchev–Trinajstić information content (AvgIpc) is 3.36. The van der Waals surface area contributed by atoms with Crippen LogP contribution in [-0.4, -0.2) is 38.5 Å². The van der Waals surface area contributed by atoms with E-state index in [0.29, 0.717) is 29.1 Å². The largest absolute Gasteiger partial charge is 0.497 e. The monoisotopic (exact) mass is 556 g/mol. The van der Waals surface area contributed by atoms with Crippen LogP contribution in [-0.2, 0) is 0 Å². The molecule has 7 rings (SSSR count). The first-order valence-corrected chi connectivity index (χ1v) is 13.2. The van der Waals surface area contributed by atoms with Crippen LogP contribution in [0.25, 0.3) is 5.82 Å². The lowest BCUT2D eigenvalue weighted by molar-refractivity contribution is -0.384. The van der Waals surface area contributed by atoms with Crippen LogP contribution in [0.4, 0.5) is 28.6 Å². The zero-order valence-electron chi connectivity index (χ0n) is 22.7. The number of hydrogen-bond acceptors (Lipinski definition) is 9. The molecular weight excluding hydrogens is 532 g/mol. The maximum absolute atomic E-state index is 11.8. The number of benzene rings is 3. The molecule has 0 saturated carbocycles. The second-order valence-corrected chi connectivity index (χ2v) is 9.79. The Hall–Kier alpha value is -5.84. The number of nitrogens with zero attached hydrogens (tertiary/aromatic N) is 7. The molecule has 2 aromatic heterocycles. The summed E-state index contributed by atoms with van der Waals surface area (Å²) in [5, 5.41) is 20.1. The minimum absolute atomic E-state index is 0.00146. The van der Waals surface area contributed by atoms with Crippen molar-refractivity contribution in [1.29, 1.82) is 0 Å². The summed E-state index contributed by atoms with van der Waals surface area (Å²) in [4.78, 5) is 28.2. The highest BCUT2D eigenvalue weighted by atomic mass is 16.6. The van der Waals surface area contributed by atoms with Crippen molar-refractivity contribution in [3.63, 3.8) is 0 Å². The maximum atomic E-state index is 11.8. The topological polar surface area (TPSA) is 123 Å². The minimum Gasteiger partial charge on any atom is -0.497 e. The molecule has 0 fully saturated rings. The minimum atomic E-state index is -0.497. The van der Waals surface area contributed by atoms with Gasteiger partial charge in [-0.1, -0.05) is 36.4 Å². The molecule has 11 heteroatoms. The molecule has 5 aromatic rings. The Bertz CT molecular complexity index is 1910. The first-order chi connectivity index (χ1) is 20.5. The number of hydrogen-bond donors (Lipinski definition) is 1. The van der Waals surface area contributed by atoms with Crippen LogP contribution in [0.1, 0.15) is 22.9 Å². The van der Waals surface area contributed by atoms with Gasteiger partial charge in [0.1, 0.15) is 5.75 Å². The summed E-state index contributed by atoms with van der Waals surface area (Å²) in [6.45, 7) is 1.92. The van der Waals surface area contributed by atoms with E-state index in [2.05, 4.69) is 15.2 Å². The van der Waals surface area contributed by atoms with Crippen molar-refractivity contribution in [3.05, 3.63) is 124 Å². The van der Waals surface area contributed by atoms with Gasteiger partial charge in [0, 0.05) is 35.6 Å². The van der Waals surface area contributed by atoms with E-state index in [1.807, 2.05) is 79.7 Å². The van der Waals surface area contributed by atoms with Gasteiger partial charge in [-0.25, -0.2) is 15.0 Å². The smallest absolute Gasteiger partial charge is 0.269 e. The van der Waals surface area contributed by atoms with Crippen LogP contribution in [0.2, 0.25) is 0 Å². The Labute approximate surface area is 240 Å². The van der Waals surface area contributed by atoms with Gasteiger partial charge in [-0.15, -0.1) is 0 Å². The molecule has 4 heterocycles. The first kappa shape index (κ1) is 25.1. The van der Waals surface area contributed by atoms with E-state index >= 15 is 0 Å². The quantitative estimate of drug-likeness (QED) is 0.199. The molecule has 0 aliphatic carbocycles. The molecule has 0 spiro atoms. The van der Waals surface area contributed by atoms with Gasteiger partial charge in [0.25, 0.3) is 5.69 Å². The lowest BCUT2D eigenvalue weighted by Gasteiger charge is -2.40. The van der Waals surface area contributed by atoms with Gasteiger partial charge in [0.2, 0.25) is 0 Å². The molecule has 2 aliphatic heterocycles. The molecule has 11 nitrogen and oxygen atoms in total. The number of nitro benzene ring substituents is 1. The zero-order chi connectivity index (χ0) is 28.8. The number of fused-ring (bicyclic) bond motifs is 4. The number of aryl methyl sites for hydroxylation is 1. The number of methoxy groups -OCH3 is 1. The summed E-state index contributed by atoms with van der Waals surface area (Å²) in [5.74, 6) is 2.92. The van der Waals surface area contributed by atoms with Crippen LogP contribution >= 0.6 is 0 Å². The fourth-order valence-corrected chi connectivity index (χ4v) is 5.40. The highest BCUT2D eigenvalue weighted by molar-refractivity contribution is 6.51. The fourth-order valence-electron chi connectivity index (χ4n) is 5.40. The average molecular weight is 557 g/mol. The van der Waals surface area contributed by atoms with Crippen LogP contribution in [0.3, 0.4) is 0 Å². The second kappa shape index (κ2) is 9.97. The number of pyridine rings is 1. The molecule has 1 N–H and O–H groups in total. The van der Waals surface area contributed by atoms with Gasteiger partial charge in [0.05, 0.1) is 35.1 Å². The number of ether oxygens (including phenoxy) is 1. The van der Waals surface area contributed by atoms with Crippen LogP contribution < -0.4 is 15.0 Å². The normalized spacial score (nSPS) is 15.1.